The Hall–Kier alpha value is -0.720. The Morgan fingerprint density at radius 2 is 2.00 bits per heavy atom. The molecule has 1 N–H and O–H groups in total. The van der Waals surface area contributed by atoms with Crippen molar-refractivity contribution in [2.24, 2.45) is 0 Å². The maximum atomic E-state index is 10.4. The van der Waals surface area contributed by atoms with Crippen LogP contribution in [0.4, 0.5) is 0 Å². The molecule has 0 amide bonds. The van der Waals surface area contributed by atoms with E-state index in [1.54, 1.807) is 11.3 Å². The fourth-order valence-corrected chi connectivity index (χ4v) is 3.56. The summed E-state index contributed by atoms with van der Waals surface area (Å²) in [6.45, 7) is 8.73. The number of aromatic nitrogens is 3. The van der Waals surface area contributed by atoms with Crippen molar-refractivity contribution in [2.45, 2.75) is 46.8 Å². The normalized spacial score (nSPS) is 12.9. The van der Waals surface area contributed by atoms with E-state index in [-0.39, 0.29) is 0 Å². The zero-order valence-electron chi connectivity index (χ0n) is 11.6. The van der Waals surface area contributed by atoms with Gasteiger partial charge in [0.25, 0.3) is 0 Å². The second-order valence-electron chi connectivity index (χ2n) is 4.56. The van der Waals surface area contributed by atoms with Gasteiger partial charge in [0.05, 0.1) is 37.5 Å². The van der Waals surface area contributed by atoms with Gasteiger partial charge in [0, 0.05) is 13.0 Å². The quantitative estimate of drug-likeness (QED) is 0.926. The average molecular weight is 344 g/mol. The van der Waals surface area contributed by atoms with E-state index in [0.29, 0.717) is 6.42 Å². The first kappa shape index (κ1) is 14.7. The monoisotopic (exact) mass is 343 g/mol. The van der Waals surface area contributed by atoms with E-state index in [4.69, 9.17) is 0 Å². The topological polar surface area (TPSA) is 50.9 Å². The summed E-state index contributed by atoms with van der Waals surface area (Å²) in [7, 11) is 0. The van der Waals surface area contributed by atoms with Crippen LogP contribution >= 0.6 is 27.3 Å². The van der Waals surface area contributed by atoms with E-state index < -0.39 is 6.10 Å². The molecule has 0 saturated carbocycles. The van der Waals surface area contributed by atoms with Gasteiger partial charge in [-0.3, -0.25) is 4.68 Å². The minimum Gasteiger partial charge on any atom is -0.387 e. The summed E-state index contributed by atoms with van der Waals surface area (Å²) in [5.74, 6) is 0. The predicted octanol–water partition coefficient (Wildman–Crippen LogP) is 3.32. The van der Waals surface area contributed by atoms with Gasteiger partial charge in [-0.25, -0.2) is 4.98 Å². The Labute approximate surface area is 125 Å². The van der Waals surface area contributed by atoms with Crippen LogP contribution in [-0.4, -0.2) is 19.9 Å². The molecule has 2 rings (SSSR count). The number of hydrogen-bond donors (Lipinski definition) is 1. The standard InChI is InChI=1S/C13H18BrN3OS/c1-5-17-10(12(14)7(2)16-17)6-11(18)13-8(3)15-9(4)19-13/h11,18H,5-6H2,1-4H3. The molecule has 0 aliphatic carbocycles. The van der Waals surface area contributed by atoms with Crippen LogP contribution in [0.3, 0.4) is 0 Å². The molecular weight excluding hydrogens is 326 g/mol. The number of hydrogen-bond acceptors (Lipinski definition) is 4. The zero-order chi connectivity index (χ0) is 14.2. The van der Waals surface area contributed by atoms with Crippen molar-refractivity contribution in [3.8, 4) is 0 Å². The third kappa shape index (κ3) is 2.90. The zero-order valence-corrected chi connectivity index (χ0v) is 14.0. The largest absolute Gasteiger partial charge is 0.387 e. The first-order chi connectivity index (χ1) is 8.93. The molecule has 19 heavy (non-hydrogen) atoms. The molecule has 0 aliphatic heterocycles. The number of aliphatic hydroxyl groups excluding tert-OH is 1. The fourth-order valence-electron chi connectivity index (χ4n) is 2.20. The first-order valence-corrected chi connectivity index (χ1v) is 7.88. The molecule has 0 spiro atoms. The molecule has 104 valence electrons. The van der Waals surface area contributed by atoms with E-state index in [1.165, 1.54) is 0 Å². The van der Waals surface area contributed by atoms with Crippen molar-refractivity contribution < 1.29 is 5.11 Å². The van der Waals surface area contributed by atoms with Crippen LogP contribution < -0.4 is 0 Å². The molecule has 0 aliphatic rings. The summed E-state index contributed by atoms with van der Waals surface area (Å²) in [6, 6.07) is 0. The third-order valence-corrected chi connectivity index (χ3v) is 5.29. The van der Waals surface area contributed by atoms with E-state index in [2.05, 4.69) is 32.9 Å². The molecule has 0 aromatic carbocycles. The van der Waals surface area contributed by atoms with Gasteiger partial charge in [0.1, 0.15) is 0 Å². The van der Waals surface area contributed by atoms with Crippen LogP contribution in [0, 0.1) is 20.8 Å². The Morgan fingerprint density at radius 3 is 2.53 bits per heavy atom. The molecule has 1 atom stereocenters. The summed E-state index contributed by atoms with van der Waals surface area (Å²) in [4.78, 5) is 5.32. The van der Waals surface area contributed by atoms with Gasteiger partial charge in [-0.05, 0) is 43.6 Å². The van der Waals surface area contributed by atoms with Gasteiger partial charge in [-0.15, -0.1) is 11.3 Å². The summed E-state index contributed by atoms with van der Waals surface area (Å²) in [6.07, 6.45) is 0.0291. The lowest BCUT2D eigenvalue weighted by atomic mass is 10.1. The molecule has 1 unspecified atom stereocenters. The lowest BCUT2D eigenvalue weighted by Crippen LogP contribution is -2.08. The fraction of sp³-hybridized carbons (Fsp3) is 0.538. The van der Waals surface area contributed by atoms with Gasteiger partial charge in [-0.2, -0.15) is 5.10 Å². The second kappa shape index (κ2) is 5.73. The van der Waals surface area contributed by atoms with Crippen molar-refractivity contribution in [1.82, 2.24) is 14.8 Å². The predicted molar refractivity (Wildman–Crippen MR) is 80.6 cm³/mol. The maximum Gasteiger partial charge on any atom is 0.0956 e. The number of halogens is 1. The van der Waals surface area contributed by atoms with E-state index >= 15 is 0 Å². The van der Waals surface area contributed by atoms with Crippen molar-refractivity contribution in [1.29, 1.82) is 0 Å². The first-order valence-electron chi connectivity index (χ1n) is 6.27. The van der Waals surface area contributed by atoms with Crippen molar-refractivity contribution in [3.63, 3.8) is 0 Å². The number of nitrogens with zero attached hydrogens (tertiary/aromatic N) is 3. The van der Waals surface area contributed by atoms with Crippen LogP contribution in [0.25, 0.3) is 0 Å². The summed E-state index contributed by atoms with van der Waals surface area (Å²) < 4.78 is 2.93. The molecule has 6 heteroatoms. The Morgan fingerprint density at radius 1 is 1.32 bits per heavy atom. The van der Waals surface area contributed by atoms with Gasteiger partial charge in [0.2, 0.25) is 0 Å². The summed E-state index contributed by atoms with van der Waals surface area (Å²) in [5, 5.41) is 15.9. The minimum atomic E-state index is -0.524. The maximum absolute atomic E-state index is 10.4. The van der Waals surface area contributed by atoms with E-state index in [9.17, 15) is 5.11 Å². The van der Waals surface area contributed by atoms with Crippen molar-refractivity contribution in [3.05, 3.63) is 31.4 Å². The smallest absolute Gasteiger partial charge is 0.0956 e. The highest BCUT2D eigenvalue weighted by atomic mass is 79.9. The van der Waals surface area contributed by atoms with Crippen LogP contribution in [0.5, 0.6) is 0 Å². The van der Waals surface area contributed by atoms with Crippen LogP contribution in [0.15, 0.2) is 4.47 Å². The Bertz CT molecular complexity index is 591. The van der Waals surface area contributed by atoms with Gasteiger partial charge in [-0.1, -0.05) is 0 Å². The molecule has 4 nitrogen and oxygen atoms in total. The molecule has 2 heterocycles. The van der Waals surface area contributed by atoms with Crippen molar-refractivity contribution >= 4 is 27.3 Å². The number of aliphatic hydroxyl groups is 1. The Balaban J connectivity index is 2.28. The molecular formula is C13H18BrN3OS. The van der Waals surface area contributed by atoms with Gasteiger partial charge < -0.3 is 5.11 Å². The Kier molecular flexibility index (Phi) is 4.43. The summed E-state index contributed by atoms with van der Waals surface area (Å²) >= 11 is 5.12. The van der Waals surface area contributed by atoms with Gasteiger partial charge >= 0.3 is 0 Å². The van der Waals surface area contributed by atoms with Gasteiger partial charge in [0.15, 0.2) is 0 Å². The molecule has 0 saturated heterocycles. The average Bonchev–Trinajstić information content (AvgIpc) is 2.83. The number of rotatable bonds is 4. The lowest BCUT2D eigenvalue weighted by Gasteiger charge is -2.11. The highest BCUT2D eigenvalue weighted by molar-refractivity contribution is 9.10. The third-order valence-electron chi connectivity index (χ3n) is 3.08. The molecule has 0 fully saturated rings. The number of aryl methyl sites for hydroxylation is 4. The van der Waals surface area contributed by atoms with Crippen LogP contribution in [-0.2, 0) is 13.0 Å². The second-order valence-corrected chi connectivity index (χ2v) is 6.59. The van der Waals surface area contributed by atoms with E-state index in [1.807, 2.05) is 25.5 Å². The van der Waals surface area contributed by atoms with E-state index in [0.717, 1.165) is 38.0 Å². The van der Waals surface area contributed by atoms with Crippen molar-refractivity contribution in [2.75, 3.05) is 0 Å². The number of thiazole rings is 1. The molecule has 2 aromatic heterocycles. The molecule has 0 radical (unpaired) electrons. The molecule has 0 bridgehead atoms. The SMILES string of the molecule is CCn1nc(C)c(Br)c1CC(O)c1sc(C)nc1C. The highest BCUT2D eigenvalue weighted by Crippen LogP contribution is 2.30. The minimum absolute atomic E-state index is 0.524. The molecule has 2 aromatic rings. The van der Waals surface area contributed by atoms with Crippen LogP contribution in [0.1, 0.15) is 40.0 Å². The summed E-state index contributed by atoms with van der Waals surface area (Å²) in [5.41, 5.74) is 2.92. The van der Waals surface area contributed by atoms with Crippen LogP contribution in [0.2, 0.25) is 0 Å². The lowest BCUT2D eigenvalue weighted by molar-refractivity contribution is 0.178. The highest BCUT2D eigenvalue weighted by Gasteiger charge is 2.20.